The maximum Gasteiger partial charge on any atom is 0.246 e. The number of hydrogen-bond donors (Lipinski definition) is 4. The molecule has 5 N–H and O–H groups in total. The van der Waals surface area contributed by atoms with Crippen molar-refractivity contribution >= 4 is 23.6 Å². The quantitative estimate of drug-likeness (QED) is 0.0948. The fourth-order valence-electron chi connectivity index (χ4n) is 2.18. The lowest BCUT2D eigenvalue weighted by molar-refractivity contribution is -0.127. The van der Waals surface area contributed by atoms with Gasteiger partial charge in [0.1, 0.15) is 19.8 Å². The summed E-state index contributed by atoms with van der Waals surface area (Å²) >= 11 is 0. The van der Waals surface area contributed by atoms with Gasteiger partial charge in [0.05, 0.1) is 59.5 Å². The van der Waals surface area contributed by atoms with E-state index in [2.05, 4.69) is 16.0 Å². The van der Waals surface area contributed by atoms with E-state index in [4.69, 9.17) is 34.2 Å². The van der Waals surface area contributed by atoms with Crippen molar-refractivity contribution in [3.63, 3.8) is 0 Å². The number of ether oxygens (including phenoxy) is 6. The van der Waals surface area contributed by atoms with E-state index in [9.17, 15) is 19.2 Å². The zero-order valence-electron chi connectivity index (χ0n) is 20.5. The molecule has 4 amide bonds. The fourth-order valence-corrected chi connectivity index (χ4v) is 2.18. The standard InChI is InChI=1S/C21H40N4O10/c1-2-19(27)23-3-6-30-10-13-34-16-21(29)25-5-8-32-11-14-35-17-20(28)24-4-7-31-9-12-33-15-18(22)26/h2-17H2,1H3,(H2,22,26)(H,23,27)(H,24,28)(H,25,29). The molecule has 0 aromatic heterocycles. The van der Waals surface area contributed by atoms with Crippen LogP contribution in [-0.2, 0) is 47.6 Å². The molecule has 35 heavy (non-hydrogen) atoms. The second-order valence-electron chi connectivity index (χ2n) is 6.86. The number of primary amides is 1. The van der Waals surface area contributed by atoms with Gasteiger partial charge in [0, 0.05) is 26.1 Å². The minimum Gasteiger partial charge on any atom is -0.377 e. The van der Waals surface area contributed by atoms with Crippen molar-refractivity contribution in [1.29, 1.82) is 0 Å². The highest BCUT2D eigenvalue weighted by atomic mass is 16.5. The van der Waals surface area contributed by atoms with Crippen LogP contribution in [0.5, 0.6) is 0 Å². The molecule has 14 nitrogen and oxygen atoms in total. The maximum absolute atomic E-state index is 11.6. The smallest absolute Gasteiger partial charge is 0.246 e. The van der Waals surface area contributed by atoms with Crippen LogP contribution in [0.3, 0.4) is 0 Å². The molecule has 0 saturated heterocycles. The van der Waals surface area contributed by atoms with Crippen molar-refractivity contribution in [2.75, 3.05) is 98.9 Å². The van der Waals surface area contributed by atoms with Gasteiger partial charge < -0.3 is 50.1 Å². The van der Waals surface area contributed by atoms with E-state index >= 15 is 0 Å². The number of nitrogens with one attached hydrogen (secondary N) is 3. The molecule has 0 spiro atoms. The first-order valence-electron chi connectivity index (χ1n) is 11.5. The number of nitrogens with two attached hydrogens (primary N) is 1. The summed E-state index contributed by atoms with van der Waals surface area (Å²) in [7, 11) is 0. The lowest BCUT2D eigenvalue weighted by Gasteiger charge is -2.09. The van der Waals surface area contributed by atoms with Crippen molar-refractivity contribution in [2.24, 2.45) is 5.73 Å². The molecule has 0 aliphatic carbocycles. The van der Waals surface area contributed by atoms with Gasteiger partial charge in [-0.25, -0.2) is 0 Å². The zero-order chi connectivity index (χ0) is 26.0. The molecule has 0 aliphatic heterocycles. The van der Waals surface area contributed by atoms with Crippen LogP contribution in [0.1, 0.15) is 13.3 Å². The monoisotopic (exact) mass is 508 g/mol. The fraction of sp³-hybridized carbons (Fsp3) is 0.810. The summed E-state index contributed by atoms with van der Waals surface area (Å²) < 4.78 is 31.1. The molecular formula is C21H40N4O10. The van der Waals surface area contributed by atoms with Crippen LogP contribution in [0.25, 0.3) is 0 Å². The van der Waals surface area contributed by atoms with Gasteiger partial charge >= 0.3 is 0 Å². The minimum atomic E-state index is -0.540. The predicted octanol–water partition coefficient (Wildman–Crippen LogP) is -2.67. The molecule has 0 aromatic rings. The largest absolute Gasteiger partial charge is 0.377 e. The van der Waals surface area contributed by atoms with E-state index in [-0.39, 0.29) is 64.0 Å². The van der Waals surface area contributed by atoms with Crippen LogP contribution in [0.2, 0.25) is 0 Å². The second kappa shape index (κ2) is 24.8. The number of amides is 4. The molecule has 0 saturated carbocycles. The third kappa shape index (κ3) is 26.1. The van der Waals surface area contributed by atoms with E-state index in [1.807, 2.05) is 0 Å². The van der Waals surface area contributed by atoms with Gasteiger partial charge in [-0.15, -0.1) is 0 Å². The summed E-state index contributed by atoms with van der Waals surface area (Å²) in [5, 5.41) is 7.96. The van der Waals surface area contributed by atoms with Gasteiger partial charge in [-0.2, -0.15) is 0 Å². The Morgan fingerprint density at radius 1 is 0.514 bits per heavy atom. The van der Waals surface area contributed by atoms with Gasteiger partial charge in [-0.1, -0.05) is 6.92 Å². The van der Waals surface area contributed by atoms with Crippen molar-refractivity contribution in [3.8, 4) is 0 Å². The Bertz CT molecular complexity index is 580. The summed E-state index contributed by atoms with van der Waals surface area (Å²) in [5.74, 6) is -1.11. The summed E-state index contributed by atoms with van der Waals surface area (Å²) in [5.41, 5.74) is 4.92. The Labute approximate surface area is 205 Å². The SMILES string of the molecule is CCC(=O)NCCOCCOCC(=O)NCCOCCOCC(=O)NCCOCCOCC(N)=O. The van der Waals surface area contributed by atoms with Crippen molar-refractivity contribution in [3.05, 3.63) is 0 Å². The number of carbonyl (C=O) groups excluding carboxylic acids is 4. The Morgan fingerprint density at radius 2 is 0.857 bits per heavy atom. The van der Waals surface area contributed by atoms with Gasteiger partial charge in [0.15, 0.2) is 0 Å². The second-order valence-corrected chi connectivity index (χ2v) is 6.86. The molecule has 0 atom stereocenters. The number of hydrogen-bond acceptors (Lipinski definition) is 10. The predicted molar refractivity (Wildman–Crippen MR) is 123 cm³/mol. The van der Waals surface area contributed by atoms with Crippen molar-refractivity contribution in [1.82, 2.24) is 16.0 Å². The van der Waals surface area contributed by atoms with Crippen molar-refractivity contribution < 1.29 is 47.6 Å². The third-order valence-electron chi connectivity index (χ3n) is 3.85. The van der Waals surface area contributed by atoms with E-state index in [1.54, 1.807) is 6.92 Å². The van der Waals surface area contributed by atoms with Crippen LogP contribution in [0.4, 0.5) is 0 Å². The molecular weight excluding hydrogens is 468 g/mol. The molecule has 0 aromatic carbocycles. The first-order valence-corrected chi connectivity index (χ1v) is 11.5. The Morgan fingerprint density at radius 3 is 1.23 bits per heavy atom. The summed E-state index contributed by atoms with van der Waals surface area (Å²) in [4.78, 5) is 44.7. The van der Waals surface area contributed by atoms with Gasteiger partial charge in [0.2, 0.25) is 23.6 Å². The average molecular weight is 509 g/mol. The average Bonchev–Trinajstić information content (AvgIpc) is 2.83. The normalized spacial score (nSPS) is 10.7. The lowest BCUT2D eigenvalue weighted by Crippen LogP contribution is -2.32. The molecule has 0 bridgehead atoms. The Kier molecular flexibility index (Phi) is 23.1. The summed E-state index contributed by atoms with van der Waals surface area (Å²) in [6, 6.07) is 0. The summed E-state index contributed by atoms with van der Waals surface area (Å²) in [6.45, 7) is 5.20. The number of rotatable bonds is 25. The maximum atomic E-state index is 11.6. The molecule has 0 heterocycles. The topological polar surface area (TPSA) is 186 Å². The molecule has 0 aliphatic rings. The molecule has 14 heteroatoms. The molecule has 0 fully saturated rings. The highest BCUT2D eigenvalue weighted by Crippen LogP contribution is 1.83. The van der Waals surface area contributed by atoms with E-state index in [0.717, 1.165) is 0 Å². The van der Waals surface area contributed by atoms with Crippen LogP contribution < -0.4 is 21.7 Å². The van der Waals surface area contributed by atoms with Crippen LogP contribution >= 0.6 is 0 Å². The minimum absolute atomic E-state index is 0.0251. The Hall–Kier alpha value is -2.36. The highest BCUT2D eigenvalue weighted by molar-refractivity contribution is 5.77. The molecule has 0 radical (unpaired) electrons. The zero-order valence-corrected chi connectivity index (χ0v) is 20.5. The number of carbonyl (C=O) groups is 4. The third-order valence-corrected chi connectivity index (χ3v) is 3.85. The first-order chi connectivity index (χ1) is 17.0. The summed E-state index contributed by atoms with van der Waals surface area (Å²) in [6.07, 6.45) is 0.439. The van der Waals surface area contributed by atoms with Crippen LogP contribution in [0.15, 0.2) is 0 Å². The molecule has 0 rings (SSSR count). The van der Waals surface area contributed by atoms with Crippen LogP contribution in [-0.4, -0.2) is 123 Å². The van der Waals surface area contributed by atoms with Gasteiger partial charge in [-0.05, 0) is 0 Å². The Balaban J connectivity index is 3.30. The van der Waals surface area contributed by atoms with E-state index in [0.29, 0.717) is 59.1 Å². The van der Waals surface area contributed by atoms with Gasteiger partial charge in [0.25, 0.3) is 0 Å². The lowest BCUT2D eigenvalue weighted by atomic mass is 10.4. The highest BCUT2D eigenvalue weighted by Gasteiger charge is 2.03. The van der Waals surface area contributed by atoms with E-state index in [1.165, 1.54) is 0 Å². The van der Waals surface area contributed by atoms with Gasteiger partial charge in [-0.3, -0.25) is 19.2 Å². The first kappa shape index (κ1) is 32.6. The van der Waals surface area contributed by atoms with Crippen molar-refractivity contribution in [2.45, 2.75) is 13.3 Å². The molecule has 204 valence electrons. The van der Waals surface area contributed by atoms with Crippen LogP contribution in [0, 0.1) is 0 Å². The van der Waals surface area contributed by atoms with E-state index < -0.39 is 5.91 Å². The molecule has 0 unspecified atom stereocenters.